The zero-order chi connectivity index (χ0) is 17.6. The largest absolute Gasteiger partial charge is 0.490 e. The van der Waals surface area contributed by atoms with Crippen LogP contribution in [0.25, 0.3) is 0 Å². The van der Waals surface area contributed by atoms with Crippen LogP contribution < -0.4 is 10.1 Å². The second-order valence-corrected chi connectivity index (χ2v) is 6.71. The van der Waals surface area contributed by atoms with Crippen LogP contribution in [0.15, 0.2) is 41.0 Å². The number of amides is 1. The first-order chi connectivity index (χ1) is 12.1. The number of furan rings is 1. The van der Waals surface area contributed by atoms with Gasteiger partial charge in [0, 0.05) is 31.2 Å². The lowest BCUT2D eigenvalue weighted by Crippen LogP contribution is -2.42. The van der Waals surface area contributed by atoms with E-state index in [0.29, 0.717) is 12.3 Å². The van der Waals surface area contributed by atoms with Gasteiger partial charge in [-0.05, 0) is 55.7 Å². The van der Waals surface area contributed by atoms with Gasteiger partial charge in [-0.15, -0.1) is 0 Å². The molecule has 1 amide bonds. The normalized spacial score (nSPS) is 15.9. The van der Waals surface area contributed by atoms with Crippen molar-refractivity contribution < 1.29 is 13.9 Å². The van der Waals surface area contributed by atoms with Crippen molar-refractivity contribution in [3.63, 3.8) is 0 Å². The van der Waals surface area contributed by atoms with Gasteiger partial charge in [-0.3, -0.25) is 4.79 Å². The van der Waals surface area contributed by atoms with Gasteiger partial charge in [-0.1, -0.05) is 11.6 Å². The summed E-state index contributed by atoms with van der Waals surface area (Å²) in [7, 11) is 0. The average molecular weight is 363 g/mol. The summed E-state index contributed by atoms with van der Waals surface area (Å²) in [6, 6.07) is 9.16. The van der Waals surface area contributed by atoms with E-state index in [0.717, 1.165) is 48.8 Å². The minimum absolute atomic E-state index is 0.165. The van der Waals surface area contributed by atoms with E-state index in [4.69, 9.17) is 20.8 Å². The predicted octanol–water partition coefficient (Wildman–Crippen LogP) is 3.51. The van der Waals surface area contributed by atoms with Crippen LogP contribution >= 0.6 is 11.6 Å². The standard InChI is InChI=1S/C19H23ClN2O3/c1-14-13-16(4-5-17(14)20)25-15-6-9-22(10-7-15)11-8-21-19(23)18-3-2-12-24-18/h2-5,12-13,15H,6-11H2,1H3,(H,21,23). The quantitative estimate of drug-likeness (QED) is 0.854. The summed E-state index contributed by atoms with van der Waals surface area (Å²) in [6.07, 6.45) is 3.69. The van der Waals surface area contributed by atoms with E-state index in [1.54, 1.807) is 12.1 Å². The van der Waals surface area contributed by atoms with E-state index in [1.165, 1.54) is 6.26 Å². The predicted molar refractivity (Wildman–Crippen MR) is 97.3 cm³/mol. The Balaban J connectivity index is 1.37. The molecule has 5 nitrogen and oxygen atoms in total. The zero-order valence-corrected chi connectivity index (χ0v) is 15.1. The van der Waals surface area contributed by atoms with Gasteiger partial charge in [0.15, 0.2) is 5.76 Å². The molecular formula is C19H23ClN2O3. The number of likely N-dealkylation sites (tertiary alicyclic amines) is 1. The molecule has 25 heavy (non-hydrogen) atoms. The van der Waals surface area contributed by atoms with E-state index >= 15 is 0 Å². The zero-order valence-electron chi connectivity index (χ0n) is 14.3. The van der Waals surface area contributed by atoms with E-state index < -0.39 is 0 Å². The summed E-state index contributed by atoms with van der Waals surface area (Å²) in [5.41, 5.74) is 1.03. The number of nitrogens with zero attached hydrogens (tertiary/aromatic N) is 1. The number of carbonyl (C=O) groups excluding carboxylic acids is 1. The minimum atomic E-state index is -0.165. The van der Waals surface area contributed by atoms with Crippen molar-refractivity contribution >= 4 is 17.5 Å². The number of piperidine rings is 1. The van der Waals surface area contributed by atoms with Crippen molar-refractivity contribution in [2.75, 3.05) is 26.2 Å². The lowest BCUT2D eigenvalue weighted by molar-refractivity contribution is 0.0884. The highest BCUT2D eigenvalue weighted by molar-refractivity contribution is 6.31. The second-order valence-electron chi connectivity index (χ2n) is 6.30. The maximum atomic E-state index is 11.8. The molecule has 0 atom stereocenters. The molecule has 6 heteroatoms. The Kier molecular flexibility index (Phi) is 6.00. The molecule has 1 saturated heterocycles. The van der Waals surface area contributed by atoms with Crippen LogP contribution in [0.1, 0.15) is 29.0 Å². The van der Waals surface area contributed by atoms with Gasteiger partial charge in [-0.2, -0.15) is 0 Å². The molecule has 1 aromatic carbocycles. The Labute approximate surface area is 152 Å². The SMILES string of the molecule is Cc1cc(OC2CCN(CCNC(=O)c3ccco3)CC2)ccc1Cl. The van der Waals surface area contributed by atoms with Gasteiger partial charge in [-0.25, -0.2) is 0 Å². The van der Waals surface area contributed by atoms with Crippen LogP contribution in [0.4, 0.5) is 0 Å². The van der Waals surface area contributed by atoms with Crippen LogP contribution in [0.5, 0.6) is 5.75 Å². The Bertz CT molecular complexity index is 695. The fourth-order valence-corrected chi connectivity index (χ4v) is 3.07. The molecular weight excluding hydrogens is 340 g/mol. The first-order valence-corrected chi connectivity index (χ1v) is 8.96. The first-order valence-electron chi connectivity index (χ1n) is 8.58. The first kappa shape index (κ1) is 17.8. The maximum absolute atomic E-state index is 11.8. The maximum Gasteiger partial charge on any atom is 0.287 e. The molecule has 3 rings (SSSR count). The number of aryl methyl sites for hydroxylation is 1. The average Bonchev–Trinajstić information content (AvgIpc) is 3.14. The number of hydrogen-bond donors (Lipinski definition) is 1. The van der Waals surface area contributed by atoms with Gasteiger partial charge < -0.3 is 19.4 Å². The van der Waals surface area contributed by atoms with Crippen LogP contribution in [-0.2, 0) is 0 Å². The van der Waals surface area contributed by atoms with Crippen molar-refractivity contribution in [2.24, 2.45) is 0 Å². The lowest BCUT2D eigenvalue weighted by Gasteiger charge is -2.32. The molecule has 0 radical (unpaired) electrons. The van der Waals surface area contributed by atoms with E-state index in [1.807, 2.05) is 25.1 Å². The highest BCUT2D eigenvalue weighted by Crippen LogP contribution is 2.24. The number of halogens is 1. The van der Waals surface area contributed by atoms with E-state index in [9.17, 15) is 4.79 Å². The van der Waals surface area contributed by atoms with Gasteiger partial charge in [0.25, 0.3) is 5.91 Å². The topological polar surface area (TPSA) is 54.7 Å². The highest BCUT2D eigenvalue weighted by atomic mass is 35.5. The molecule has 1 aliphatic rings. The Morgan fingerprint density at radius 2 is 2.16 bits per heavy atom. The van der Waals surface area contributed by atoms with Gasteiger partial charge in [0.1, 0.15) is 11.9 Å². The molecule has 0 bridgehead atoms. The highest BCUT2D eigenvalue weighted by Gasteiger charge is 2.20. The van der Waals surface area contributed by atoms with Crippen molar-refractivity contribution in [3.05, 3.63) is 52.9 Å². The minimum Gasteiger partial charge on any atom is -0.490 e. The molecule has 0 saturated carbocycles. The summed E-state index contributed by atoms with van der Waals surface area (Å²) in [5.74, 6) is 1.07. The number of rotatable bonds is 6. The van der Waals surface area contributed by atoms with Crippen LogP contribution in [0.3, 0.4) is 0 Å². The molecule has 2 heterocycles. The lowest BCUT2D eigenvalue weighted by atomic mass is 10.1. The Hall–Kier alpha value is -1.98. The van der Waals surface area contributed by atoms with Crippen molar-refractivity contribution in [1.29, 1.82) is 0 Å². The van der Waals surface area contributed by atoms with Crippen LogP contribution in [0.2, 0.25) is 5.02 Å². The second kappa shape index (κ2) is 8.41. The monoisotopic (exact) mass is 362 g/mol. The summed E-state index contributed by atoms with van der Waals surface area (Å²) in [4.78, 5) is 14.1. The molecule has 0 spiro atoms. The fourth-order valence-electron chi connectivity index (χ4n) is 2.96. The van der Waals surface area contributed by atoms with E-state index in [-0.39, 0.29) is 12.0 Å². The Morgan fingerprint density at radius 3 is 2.84 bits per heavy atom. The number of benzene rings is 1. The van der Waals surface area contributed by atoms with Gasteiger partial charge in [0.05, 0.1) is 6.26 Å². The number of nitrogens with one attached hydrogen (secondary N) is 1. The fraction of sp³-hybridized carbons (Fsp3) is 0.421. The van der Waals surface area contributed by atoms with Crippen molar-refractivity contribution in [3.8, 4) is 5.75 Å². The molecule has 1 aliphatic heterocycles. The van der Waals surface area contributed by atoms with Crippen molar-refractivity contribution in [1.82, 2.24) is 10.2 Å². The summed E-state index contributed by atoms with van der Waals surface area (Å²) in [6.45, 7) is 5.36. The summed E-state index contributed by atoms with van der Waals surface area (Å²) in [5, 5.41) is 3.64. The Morgan fingerprint density at radius 1 is 1.36 bits per heavy atom. The van der Waals surface area contributed by atoms with Crippen LogP contribution in [-0.4, -0.2) is 43.1 Å². The molecule has 134 valence electrons. The molecule has 2 aromatic rings. The van der Waals surface area contributed by atoms with Gasteiger partial charge >= 0.3 is 0 Å². The smallest absolute Gasteiger partial charge is 0.287 e. The molecule has 0 aliphatic carbocycles. The summed E-state index contributed by atoms with van der Waals surface area (Å²) >= 11 is 6.05. The molecule has 1 N–H and O–H groups in total. The third-order valence-corrected chi connectivity index (χ3v) is 4.85. The summed E-state index contributed by atoms with van der Waals surface area (Å²) < 4.78 is 11.1. The molecule has 0 unspecified atom stereocenters. The van der Waals surface area contributed by atoms with Gasteiger partial charge in [0.2, 0.25) is 0 Å². The van der Waals surface area contributed by atoms with E-state index in [2.05, 4.69) is 10.2 Å². The third kappa shape index (κ3) is 5.00. The van der Waals surface area contributed by atoms with Crippen LogP contribution in [0, 0.1) is 6.92 Å². The molecule has 1 fully saturated rings. The number of carbonyl (C=O) groups is 1. The number of ether oxygens (including phenoxy) is 1. The van der Waals surface area contributed by atoms with Crippen molar-refractivity contribution in [2.45, 2.75) is 25.9 Å². The molecule has 1 aromatic heterocycles. The third-order valence-electron chi connectivity index (χ3n) is 4.43. The number of hydrogen-bond acceptors (Lipinski definition) is 4.